The van der Waals surface area contributed by atoms with Gasteiger partial charge in [-0.3, -0.25) is 0 Å². The molecular weight excluding hydrogens is 446 g/mol. The van der Waals surface area contributed by atoms with Crippen molar-refractivity contribution >= 4 is 10.0 Å². The van der Waals surface area contributed by atoms with E-state index in [1.54, 1.807) is 36.4 Å². The van der Waals surface area contributed by atoms with Gasteiger partial charge in [0.05, 0.1) is 4.90 Å². The van der Waals surface area contributed by atoms with Crippen LogP contribution in [0.5, 0.6) is 11.5 Å². The maximum atomic E-state index is 14.0. The molecule has 0 saturated heterocycles. The van der Waals surface area contributed by atoms with Gasteiger partial charge in [0.25, 0.3) is 0 Å². The zero-order chi connectivity index (χ0) is 23.5. The van der Waals surface area contributed by atoms with Crippen LogP contribution in [0.4, 0.5) is 0 Å². The summed E-state index contributed by atoms with van der Waals surface area (Å²) in [5, 5.41) is 19.7. The summed E-state index contributed by atoms with van der Waals surface area (Å²) in [5.74, 6) is 1.68. The molecule has 7 rings (SSSR count). The van der Waals surface area contributed by atoms with Gasteiger partial charge in [-0.2, -0.15) is 0 Å². The first-order valence-electron chi connectivity index (χ1n) is 12.0. The van der Waals surface area contributed by atoms with Crippen LogP contribution in [0.3, 0.4) is 0 Å². The molecule has 0 aromatic heterocycles. The third-order valence-corrected chi connectivity index (χ3v) is 9.93. The number of aromatic hydroxyl groups is 2. The molecule has 2 atom stereocenters. The van der Waals surface area contributed by atoms with Crippen molar-refractivity contribution in [3.63, 3.8) is 0 Å². The summed E-state index contributed by atoms with van der Waals surface area (Å²) in [6, 6.07) is 20.9. The summed E-state index contributed by atoms with van der Waals surface area (Å²) >= 11 is 0. The molecule has 4 saturated carbocycles. The highest BCUT2D eigenvalue weighted by Gasteiger charge is 2.59. The molecule has 0 heterocycles. The third kappa shape index (κ3) is 3.60. The van der Waals surface area contributed by atoms with Crippen molar-refractivity contribution in [2.45, 2.75) is 48.5 Å². The second-order valence-electron chi connectivity index (χ2n) is 10.5. The first kappa shape index (κ1) is 21.7. The Morgan fingerprint density at radius 3 is 1.85 bits per heavy atom. The Balaban J connectivity index is 1.44. The van der Waals surface area contributed by atoms with E-state index in [0.29, 0.717) is 28.2 Å². The first-order chi connectivity index (χ1) is 16.3. The zero-order valence-corrected chi connectivity index (χ0v) is 19.7. The summed E-state index contributed by atoms with van der Waals surface area (Å²) in [7, 11) is -3.77. The molecule has 0 aliphatic heterocycles. The van der Waals surface area contributed by atoms with E-state index in [4.69, 9.17) is 0 Å². The van der Waals surface area contributed by atoms with Crippen molar-refractivity contribution in [2.75, 3.05) is 0 Å². The number of hydrogen-bond acceptors (Lipinski definition) is 4. The Bertz CT molecular complexity index is 1260. The Morgan fingerprint density at radius 2 is 1.29 bits per heavy atom. The second-order valence-corrected chi connectivity index (χ2v) is 12.1. The molecule has 4 fully saturated rings. The summed E-state index contributed by atoms with van der Waals surface area (Å²) < 4.78 is 31.1. The van der Waals surface area contributed by atoms with Crippen LogP contribution >= 0.6 is 0 Å². The Hall–Kier alpha value is -2.83. The summed E-state index contributed by atoms with van der Waals surface area (Å²) in [6.45, 7) is 0. The third-order valence-electron chi connectivity index (χ3n) is 8.30. The van der Waals surface area contributed by atoms with Gasteiger partial charge in [-0.05, 0) is 96.9 Å². The maximum absolute atomic E-state index is 14.0. The fourth-order valence-electron chi connectivity index (χ4n) is 7.13. The van der Waals surface area contributed by atoms with Crippen molar-refractivity contribution in [3.8, 4) is 11.5 Å². The van der Waals surface area contributed by atoms with Crippen molar-refractivity contribution in [1.29, 1.82) is 0 Å². The number of rotatable bonds is 6. The molecule has 34 heavy (non-hydrogen) atoms. The van der Waals surface area contributed by atoms with Crippen LogP contribution in [-0.2, 0) is 10.0 Å². The van der Waals surface area contributed by atoms with Gasteiger partial charge in [0.15, 0.2) is 0 Å². The maximum Gasteiger partial charge on any atom is 0.241 e. The highest BCUT2D eigenvalue weighted by molar-refractivity contribution is 7.89. The van der Waals surface area contributed by atoms with E-state index in [2.05, 4.69) is 4.72 Å². The topological polar surface area (TPSA) is 86.6 Å². The largest absolute Gasteiger partial charge is 0.508 e. The molecule has 4 aliphatic rings. The number of hydrogen-bond donors (Lipinski definition) is 3. The van der Waals surface area contributed by atoms with Gasteiger partial charge in [0.1, 0.15) is 11.5 Å². The fourth-order valence-corrected chi connectivity index (χ4v) is 8.87. The molecule has 0 amide bonds. The molecule has 6 heteroatoms. The van der Waals surface area contributed by atoms with E-state index in [1.165, 1.54) is 6.42 Å². The number of benzene rings is 3. The van der Waals surface area contributed by atoms with E-state index in [-0.39, 0.29) is 23.0 Å². The molecule has 0 spiro atoms. The standard InChI is InChI=1S/C28H29NO4S/c30-23-9-5-20(6-10-23)27(21-7-11-24(31)12-8-21)25-3-1-2-4-26(25)34(32,33)29-28-16-18-13-19(17-28)15-22(28)14-18/h1-12,18-19,22,27,29-31H,13-17H2. The normalized spacial score (nSPS) is 27.5. The molecular formula is C28H29NO4S. The van der Waals surface area contributed by atoms with Crippen molar-refractivity contribution in [1.82, 2.24) is 4.72 Å². The van der Waals surface area contributed by atoms with Crippen LogP contribution in [0.15, 0.2) is 77.7 Å². The number of phenolic OH excluding ortho intramolecular Hbond substituents is 2. The quantitative estimate of drug-likeness (QED) is 0.431. The predicted octanol–water partition coefficient (Wildman–Crippen LogP) is 5.14. The first-order valence-corrected chi connectivity index (χ1v) is 13.5. The molecule has 0 radical (unpaired) electrons. The second kappa shape index (κ2) is 7.85. The van der Waals surface area contributed by atoms with Crippen molar-refractivity contribution in [2.24, 2.45) is 17.8 Å². The van der Waals surface area contributed by atoms with Crippen LogP contribution in [0.25, 0.3) is 0 Å². The smallest absolute Gasteiger partial charge is 0.241 e. The van der Waals surface area contributed by atoms with Gasteiger partial charge in [-0.25, -0.2) is 13.1 Å². The van der Waals surface area contributed by atoms with Crippen LogP contribution in [-0.4, -0.2) is 24.2 Å². The lowest BCUT2D eigenvalue weighted by Crippen LogP contribution is -2.49. The van der Waals surface area contributed by atoms with E-state index >= 15 is 0 Å². The molecule has 5 nitrogen and oxygen atoms in total. The van der Waals surface area contributed by atoms with Gasteiger partial charge in [0.2, 0.25) is 10.0 Å². The average molecular weight is 476 g/mol. The van der Waals surface area contributed by atoms with Crippen molar-refractivity contribution < 1.29 is 18.6 Å². The lowest BCUT2D eigenvalue weighted by Gasteiger charge is -2.34. The van der Waals surface area contributed by atoms with Crippen LogP contribution in [0.1, 0.15) is 54.7 Å². The lowest BCUT2D eigenvalue weighted by molar-refractivity contribution is 0.257. The highest BCUT2D eigenvalue weighted by atomic mass is 32.2. The van der Waals surface area contributed by atoms with E-state index in [9.17, 15) is 18.6 Å². The zero-order valence-electron chi connectivity index (χ0n) is 18.9. The SMILES string of the molecule is O=S(=O)(NC12CC3CC(CC1C3)C2)c1ccccc1C(c1ccc(O)cc1)c1ccc(O)cc1. The fraction of sp³-hybridized carbons (Fsp3) is 0.357. The van der Waals surface area contributed by atoms with Gasteiger partial charge in [0, 0.05) is 11.5 Å². The van der Waals surface area contributed by atoms with Gasteiger partial charge in [-0.15, -0.1) is 0 Å². The van der Waals surface area contributed by atoms with Gasteiger partial charge in [-0.1, -0.05) is 42.5 Å². The van der Waals surface area contributed by atoms with E-state index in [1.807, 2.05) is 36.4 Å². The van der Waals surface area contributed by atoms with Crippen molar-refractivity contribution in [3.05, 3.63) is 89.5 Å². The minimum absolute atomic E-state index is 0.155. The van der Waals surface area contributed by atoms with Gasteiger partial charge >= 0.3 is 0 Å². The Morgan fingerprint density at radius 1 is 0.765 bits per heavy atom. The molecule has 3 N–H and O–H groups in total. The Labute approximate surface area is 200 Å². The summed E-state index contributed by atoms with van der Waals surface area (Å²) in [4.78, 5) is 0.293. The molecule has 4 aliphatic carbocycles. The molecule has 2 unspecified atom stereocenters. The summed E-state index contributed by atoms with van der Waals surface area (Å²) in [5.41, 5.74) is 2.11. The van der Waals surface area contributed by atoms with Crippen LogP contribution in [0.2, 0.25) is 0 Å². The van der Waals surface area contributed by atoms with E-state index < -0.39 is 10.0 Å². The Kier molecular flexibility index (Phi) is 5.01. The molecule has 3 aromatic carbocycles. The predicted molar refractivity (Wildman–Crippen MR) is 130 cm³/mol. The monoisotopic (exact) mass is 475 g/mol. The summed E-state index contributed by atoms with van der Waals surface area (Å²) in [6.07, 6.45) is 5.44. The number of sulfonamides is 1. The van der Waals surface area contributed by atoms with Crippen LogP contribution < -0.4 is 4.72 Å². The number of phenols is 2. The average Bonchev–Trinajstić information content (AvgIpc) is 3.18. The molecule has 3 aromatic rings. The lowest BCUT2D eigenvalue weighted by atomic mass is 9.81. The molecule has 4 bridgehead atoms. The minimum Gasteiger partial charge on any atom is -0.508 e. The highest BCUT2D eigenvalue weighted by Crippen LogP contribution is 2.60. The van der Waals surface area contributed by atoms with E-state index in [0.717, 1.165) is 36.8 Å². The van der Waals surface area contributed by atoms with Crippen LogP contribution in [0, 0.1) is 17.8 Å². The molecule has 176 valence electrons. The minimum atomic E-state index is -3.77. The van der Waals surface area contributed by atoms with Gasteiger partial charge < -0.3 is 10.2 Å². The number of nitrogens with one attached hydrogen (secondary N) is 1.